The van der Waals surface area contributed by atoms with Gasteiger partial charge in [0.15, 0.2) is 5.82 Å². The lowest BCUT2D eigenvalue weighted by Crippen LogP contribution is -2.19. The van der Waals surface area contributed by atoms with Crippen LogP contribution in [0.3, 0.4) is 0 Å². The maximum atomic E-state index is 11.4. The lowest BCUT2D eigenvalue weighted by atomic mass is 10.5. The zero-order chi connectivity index (χ0) is 13.2. The van der Waals surface area contributed by atoms with Crippen molar-refractivity contribution in [2.45, 2.75) is 30.6 Å². The molecule has 1 saturated carbocycles. The summed E-state index contributed by atoms with van der Waals surface area (Å²) < 4.78 is 34.5. The van der Waals surface area contributed by atoms with Crippen LogP contribution >= 0.6 is 0 Å². The molecule has 2 N–H and O–H groups in total. The van der Waals surface area contributed by atoms with Crippen molar-refractivity contribution in [1.29, 1.82) is 0 Å². The Morgan fingerprint density at radius 3 is 2.67 bits per heavy atom. The van der Waals surface area contributed by atoms with Crippen LogP contribution in [0.25, 0.3) is 0 Å². The van der Waals surface area contributed by atoms with E-state index in [9.17, 15) is 8.42 Å². The average Bonchev–Trinajstić information content (AvgIpc) is 3.04. The molecule has 102 valence electrons. The molecule has 2 rings (SSSR count). The van der Waals surface area contributed by atoms with Crippen LogP contribution in [0.1, 0.15) is 24.7 Å². The molecule has 0 saturated heterocycles. The van der Waals surface area contributed by atoms with Crippen molar-refractivity contribution in [3.05, 3.63) is 5.82 Å². The second-order valence-corrected chi connectivity index (χ2v) is 5.55. The van der Waals surface area contributed by atoms with E-state index in [1.54, 1.807) is 11.7 Å². The fourth-order valence-corrected chi connectivity index (χ4v) is 2.29. The molecule has 0 aromatic carbocycles. The highest BCUT2D eigenvalue weighted by Crippen LogP contribution is 2.37. The van der Waals surface area contributed by atoms with E-state index >= 15 is 0 Å². The highest BCUT2D eigenvalue weighted by atomic mass is 32.2. The maximum absolute atomic E-state index is 11.4. The number of sulfonamides is 1. The second-order valence-electron chi connectivity index (χ2n) is 4.09. The van der Waals surface area contributed by atoms with Crippen molar-refractivity contribution in [2.24, 2.45) is 5.14 Å². The van der Waals surface area contributed by atoms with Gasteiger partial charge in [-0.05, 0) is 12.8 Å². The van der Waals surface area contributed by atoms with Gasteiger partial charge in [0.05, 0.1) is 13.2 Å². The molecular formula is C9H16N4O4S. The van der Waals surface area contributed by atoms with Crippen molar-refractivity contribution in [2.75, 3.05) is 20.3 Å². The number of nitrogens with zero attached hydrogens (tertiary/aromatic N) is 3. The van der Waals surface area contributed by atoms with Crippen molar-refractivity contribution in [3.63, 3.8) is 0 Å². The van der Waals surface area contributed by atoms with Gasteiger partial charge in [0.1, 0.15) is 6.61 Å². The van der Waals surface area contributed by atoms with E-state index in [0.717, 1.165) is 12.8 Å². The monoisotopic (exact) mass is 276 g/mol. The molecule has 0 spiro atoms. The standard InChI is InChI=1S/C9H16N4O4S/c1-16-4-5-17-6-8-11-12-9(18(10,14)15)13(8)7-2-3-7/h7H,2-6H2,1H3,(H2,10,14,15). The largest absolute Gasteiger partial charge is 0.382 e. The van der Waals surface area contributed by atoms with Gasteiger partial charge in [-0.2, -0.15) is 0 Å². The molecule has 0 aliphatic heterocycles. The summed E-state index contributed by atoms with van der Waals surface area (Å²) in [4.78, 5) is 0. The first-order chi connectivity index (χ1) is 8.54. The van der Waals surface area contributed by atoms with Crippen LogP contribution in [-0.4, -0.2) is 43.5 Å². The normalized spacial score (nSPS) is 16.1. The summed E-state index contributed by atoms with van der Waals surface area (Å²) in [5.74, 6) is 0.484. The SMILES string of the molecule is COCCOCc1nnc(S(N)(=O)=O)n1C1CC1. The molecule has 1 aliphatic carbocycles. The minimum Gasteiger partial charge on any atom is -0.382 e. The molecule has 1 aromatic heterocycles. The van der Waals surface area contributed by atoms with Crippen molar-refractivity contribution in [1.82, 2.24) is 14.8 Å². The third-order valence-electron chi connectivity index (χ3n) is 2.56. The number of rotatable bonds is 7. The molecule has 9 heteroatoms. The molecule has 1 aromatic rings. The van der Waals surface area contributed by atoms with Crippen LogP contribution in [0.15, 0.2) is 5.16 Å². The first kappa shape index (κ1) is 13.4. The van der Waals surface area contributed by atoms with Gasteiger partial charge in [-0.15, -0.1) is 10.2 Å². The fraction of sp³-hybridized carbons (Fsp3) is 0.778. The number of ether oxygens (including phenoxy) is 2. The van der Waals surface area contributed by atoms with Crippen LogP contribution in [0.2, 0.25) is 0 Å². The van der Waals surface area contributed by atoms with Gasteiger partial charge >= 0.3 is 0 Å². The quantitative estimate of drug-likeness (QED) is 0.667. The summed E-state index contributed by atoms with van der Waals surface area (Å²) in [5, 5.41) is 12.4. The summed E-state index contributed by atoms with van der Waals surface area (Å²) in [5.41, 5.74) is 0. The third-order valence-corrected chi connectivity index (χ3v) is 3.35. The predicted molar refractivity (Wildman–Crippen MR) is 61.2 cm³/mol. The number of hydrogen-bond donors (Lipinski definition) is 1. The van der Waals surface area contributed by atoms with E-state index in [0.29, 0.717) is 19.0 Å². The van der Waals surface area contributed by atoms with Crippen LogP contribution in [0.5, 0.6) is 0 Å². The third kappa shape index (κ3) is 3.05. The van der Waals surface area contributed by atoms with E-state index < -0.39 is 10.0 Å². The summed E-state index contributed by atoms with van der Waals surface area (Å²) in [7, 11) is -2.27. The Balaban J connectivity index is 2.13. The van der Waals surface area contributed by atoms with Gasteiger partial charge in [0.25, 0.3) is 15.2 Å². The van der Waals surface area contributed by atoms with Crippen LogP contribution in [0, 0.1) is 0 Å². The number of aromatic nitrogens is 3. The van der Waals surface area contributed by atoms with Gasteiger partial charge < -0.3 is 9.47 Å². The lowest BCUT2D eigenvalue weighted by molar-refractivity contribution is 0.0569. The Morgan fingerprint density at radius 1 is 1.39 bits per heavy atom. The summed E-state index contributed by atoms with van der Waals surface area (Å²) in [6, 6.07) is 0.120. The number of primary sulfonamides is 1. The zero-order valence-electron chi connectivity index (χ0n) is 10.1. The smallest absolute Gasteiger partial charge is 0.273 e. The molecule has 18 heavy (non-hydrogen) atoms. The van der Waals surface area contributed by atoms with E-state index in [1.807, 2.05) is 0 Å². The summed E-state index contributed by atoms with van der Waals surface area (Å²) in [6.45, 7) is 1.08. The van der Waals surface area contributed by atoms with E-state index in [-0.39, 0.29) is 17.8 Å². The van der Waals surface area contributed by atoms with Gasteiger partial charge in [-0.25, -0.2) is 13.6 Å². The van der Waals surface area contributed by atoms with Crippen molar-refractivity contribution < 1.29 is 17.9 Å². The minimum atomic E-state index is -3.84. The molecule has 1 heterocycles. The number of nitrogens with two attached hydrogens (primary N) is 1. The Morgan fingerprint density at radius 2 is 2.11 bits per heavy atom. The molecule has 1 fully saturated rings. The highest BCUT2D eigenvalue weighted by molar-refractivity contribution is 7.89. The fourth-order valence-electron chi connectivity index (χ4n) is 1.61. The summed E-state index contributed by atoms with van der Waals surface area (Å²) in [6.07, 6.45) is 1.82. The van der Waals surface area contributed by atoms with Crippen LogP contribution in [-0.2, 0) is 26.1 Å². The Bertz CT molecular complexity index is 509. The van der Waals surface area contributed by atoms with Gasteiger partial charge in [-0.1, -0.05) is 0 Å². The Labute approximate surface area is 105 Å². The lowest BCUT2D eigenvalue weighted by Gasteiger charge is -2.07. The molecular weight excluding hydrogens is 260 g/mol. The van der Waals surface area contributed by atoms with E-state index in [4.69, 9.17) is 14.6 Å². The molecule has 0 unspecified atom stereocenters. The first-order valence-corrected chi connectivity index (χ1v) is 7.12. The minimum absolute atomic E-state index is 0.120. The van der Waals surface area contributed by atoms with Crippen molar-refractivity contribution >= 4 is 10.0 Å². The first-order valence-electron chi connectivity index (χ1n) is 5.57. The molecule has 8 nitrogen and oxygen atoms in total. The number of methoxy groups -OCH3 is 1. The average molecular weight is 276 g/mol. The van der Waals surface area contributed by atoms with Gasteiger partial charge in [0.2, 0.25) is 0 Å². The molecule has 1 aliphatic rings. The predicted octanol–water partition coefficient (Wildman–Crippen LogP) is -0.577. The topological polar surface area (TPSA) is 109 Å². The van der Waals surface area contributed by atoms with Gasteiger partial charge in [0, 0.05) is 13.2 Å². The Kier molecular flexibility index (Phi) is 3.95. The van der Waals surface area contributed by atoms with E-state index in [2.05, 4.69) is 10.2 Å². The summed E-state index contributed by atoms with van der Waals surface area (Å²) >= 11 is 0. The molecule has 0 amide bonds. The highest BCUT2D eigenvalue weighted by Gasteiger charge is 2.32. The second kappa shape index (κ2) is 5.31. The number of hydrogen-bond acceptors (Lipinski definition) is 6. The van der Waals surface area contributed by atoms with Crippen LogP contribution < -0.4 is 5.14 Å². The van der Waals surface area contributed by atoms with Crippen LogP contribution in [0.4, 0.5) is 0 Å². The van der Waals surface area contributed by atoms with Gasteiger partial charge in [-0.3, -0.25) is 4.57 Å². The Hall–Kier alpha value is -1.03. The van der Waals surface area contributed by atoms with E-state index in [1.165, 1.54) is 0 Å². The van der Waals surface area contributed by atoms with Crippen molar-refractivity contribution in [3.8, 4) is 0 Å². The molecule has 0 bridgehead atoms. The zero-order valence-corrected chi connectivity index (χ0v) is 10.9. The maximum Gasteiger partial charge on any atom is 0.273 e. The molecule has 0 radical (unpaired) electrons. The molecule has 0 atom stereocenters.